The Kier molecular flexibility index (Phi) is 3.54. The van der Waals surface area contributed by atoms with Gasteiger partial charge in [0.2, 0.25) is 0 Å². The molecule has 1 N–H and O–H groups in total. The fraction of sp³-hybridized carbons (Fsp3) is 0.417. The predicted molar refractivity (Wildman–Crippen MR) is 63.9 cm³/mol. The standard InChI is InChI=1S/C12H14BrNO/c13-10-3-1-9(2-4-10)7-11-8-12(15)5-6-14-11/h1-4,11,14H,5-8H2. The third-order valence-electron chi connectivity index (χ3n) is 2.71. The van der Waals surface area contributed by atoms with Crippen molar-refractivity contribution in [2.75, 3.05) is 6.54 Å². The summed E-state index contributed by atoms with van der Waals surface area (Å²) in [7, 11) is 0. The van der Waals surface area contributed by atoms with Gasteiger partial charge in [0.1, 0.15) is 5.78 Å². The molecule has 2 rings (SSSR count). The van der Waals surface area contributed by atoms with E-state index < -0.39 is 0 Å². The maximum absolute atomic E-state index is 11.3. The maximum atomic E-state index is 11.3. The Hall–Kier alpha value is -0.670. The zero-order valence-electron chi connectivity index (χ0n) is 8.50. The van der Waals surface area contributed by atoms with Crippen molar-refractivity contribution in [2.24, 2.45) is 0 Å². The minimum Gasteiger partial charge on any atom is -0.313 e. The van der Waals surface area contributed by atoms with E-state index >= 15 is 0 Å². The molecule has 0 aromatic heterocycles. The zero-order chi connectivity index (χ0) is 10.7. The van der Waals surface area contributed by atoms with Crippen LogP contribution >= 0.6 is 15.9 Å². The van der Waals surface area contributed by atoms with Crippen molar-refractivity contribution in [3.05, 3.63) is 34.3 Å². The van der Waals surface area contributed by atoms with Crippen LogP contribution in [0.15, 0.2) is 28.7 Å². The van der Waals surface area contributed by atoms with Gasteiger partial charge in [-0.25, -0.2) is 0 Å². The summed E-state index contributed by atoms with van der Waals surface area (Å²) in [5.41, 5.74) is 1.28. The van der Waals surface area contributed by atoms with E-state index in [0.29, 0.717) is 24.7 Å². The summed E-state index contributed by atoms with van der Waals surface area (Å²) >= 11 is 3.41. The average Bonchev–Trinajstić information content (AvgIpc) is 2.22. The Balaban J connectivity index is 1.96. The number of Topliss-reactive ketones (excluding diaryl/α,β-unsaturated/α-hetero) is 1. The van der Waals surface area contributed by atoms with Gasteiger partial charge in [0.15, 0.2) is 0 Å². The molecule has 0 bridgehead atoms. The fourth-order valence-corrected chi connectivity index (χ4v) is 2.18. The summed E-state index contributed by atoms with van der Waals surface area (Å²) < 4.78 is 1.10. The number of benzene rings is 1. The number of piperidine rings is 1. The third-order valence-corrected chi connectivity index (χ3v) is 3.23. The van der Waals surface area contributed by atoms with Crippen LogP contribution < -0.4 is 5.32 Å². The SMILES string of the molecule is O=C1CCNC(Cc2ccc(Br)cc2)C1. The summed E-state index contributed by atoms with van der Waals surface area (Å²) in [6.07, 6.45) is 2.31. The molecule has 0 radical (unpaired) electrons. The van der Waals surface area contributed by atoms with Gasteiger partial charge in [-0.15, -0.1) is 0 Å². The van der Waals surface area contributed by atoms with Gasteiger partial charge in [-0.1, -0.05) is 28.1 Å². The number of halogens is 1. The molecule has 0 amide bonds. The highest BCUT2D eigenvalue weighted by Gasteiger charge is 2.18. The van der Waals surface area contributed by atoms with Gasteiger partial charge in [0.05, 0.1) is 0 Å². The van der Waals surface area contributed by atoms with E-state index in [1.807, 2.05) is 12.1 Å². The second-order valence-electron chi connectivity index (χ2n) is 3.97. The summed E-state index contributed by atoms with van der Waals surface area (Å²) in [5, 5.41) is 3.38. The van der Waals surface area contributed by atoms with Crippen molar-refractivity contribution in [1.82, 2.24) is 5.32 Å². The van der Waals surface area contributed by atoms with Crippen molar-refractivity contribution >= 4 is 21.7 Å². The Morgan fingerprint density at radius 2 is 2.07 bits per heavy atom. The van der Waals surface area contributed by atoms with Crippen LogP contribution in [0.2, 0.25) is 0 Å². The normalized spacial score (nSPS) is 21.7. The second kappa shape index (κ2) is 4.90. The lowest BCUT2D eigenvalue weighted by molar-refractivity contribution is -0.120. The van der Waals surface area contributed by atoms with Crippen LogP contribution in [0.25, 0.3) is 0 Å². The molecule has 0 aliphatic carbocycles. The molecular weight excluding hydrogens is 254 g/mol. The summed E-state index contributed by atoms with van der Waals surface area (Å²) in [6, 6.07) is 8.61. The molecule has 1 fully saturated rings. The first-order valence-electron chi connectivity index (χ1n) is 5.23. The minimum absolute atomic E-state index is 0.326. The molecule has 2 nitrogen and oxygen atoms in total. The van der Waals surface area contributed by atoms with E-state index in [1.165, 1.54) is 5.56 Å². The van der Waals surface area contributed by atoms with Crippen LogP contribution in [0, 0.1) is 0 Å². The number of carbonyl (C=O) groups excluding carboxylic acids is 1. The van der Waals surface area contributed by atoms with Gasteiger partial charge in [0.25, 0.3) is 0 Å². The van der Waals surface area contributed by atoms with Crippen molar-refractivity contribution < 1.29 is 4.79 Å². The van der Waals surface area contributed by atoms with E-state index in [0.717, 1.165) is 17.4 Å². The van der Waals surface area contributed by atoms with Crippen LogP contribution in [0.1, 0.15) is 18.4 Å². The molecule has 1 saturated heterocycles. The van der Waals surface area contributed by atoms with E-state index in [9.17, 15) is 4.79 Å². The lowest BCUT2D eigenvalue weighted by atomic mass is 9.97. The van der Waals surface area contributed by atoms with Gasteiger partial charge in [-0.3, -0.25) is 4.79 Å². The van der Waals surface area contributed by atoms with Gasteiger partial charge >= 0.3 is 0 Å². The molecule has 15 heavy (non-hydrogen) atoms. The molecule has 1 atom stereocenters. The van der Waals surface area contributed by atoms with E-state index in [1.54, 1.807) is 0 Å². The topological polar surface area (TPSA) is 29.1 Å². The van der Waals surface area contributed by atoms with E-state index in [4.69, 9.17) is 0 Å². The number of rotatable bonds is 2. The third kappa shape index (κ3) is 3.14. The highest BCUT2D eigenvalue weighted by Crippen LogP contribution is 2.14. The number of ketones is 1. The average molecular weight is 268 g/mol. The van der Waals surface area contributed by atoms with Crippen LogP contribution in [0.5, 0.6) is 0 Å². The molecule has 1 aliphatic rings. The highest BCUT2D eigenvalue weighted by atomic mass is 79.9. The Morgan fingerprint density at radius 1 is 1.33 bits per heavy atom. The summed E-state index contributed by atoms with van der Waals surface area (Å²) in [5.74, 6) is 0.385. The van der Waals surface area contributed by atoms with Crippen molar-refractivity contribution in [1.29, 1.82) is 0 Å². The summed E-state index contributed by atoms with van der Waals surface area (Å²) in [6.45, 7) is 0.833. The van der Waals surface area contributed by atoms with Gasteiger partial charge in [-0.2, -0.15) is 0 Å². The highest BCUT2D eigenvalue weighted by molar-refractivity contribution is 9.10. The molecule has 1 aromatic carbocycles. The number of nitrogens with one attached hydrogen (secondary N) is 1. The lowest BCUT2D eigenvalue weighted by Crippen LogP contribution is -2.39. The lowest BCUT2D eigenvalue weighted by Gasteiger charge is -2.22. The van der Waals surface area contributed by atoms with Gasteiger partial charge in [0, 0.05) is 29.9 Å². The number of carbonyl (C=O) groups is 1. The quantitative estimate of drug-likeness (QED) is 0.891. The molecule has 1 aromatic rings. The smallest absolute Gasteiger partial charge is 0.135 e. The maximum Gasteiger partial charge on any atom is 0.135 e. The van der Waals surface area contributed by atoms with Gasteiger partial charge in [-0.05, 0) is 24.1 Å². The largest absolute Gasteiger partial charge is 0.313 e. The molecule has 1 heterocycles. The Morgan fingerprint density at radius 3 is 2.73 bits per heavy atom. The first-order valence-corrected chi connectivity index (χ1v) is 6.03. The zero-order valence-corrected chi connectivity index (χ0v) is 10.1. The molecular formula is C12H14BrNO. The van der Waals surface area contributed by atoms with E-state index in [-0.39, 0.29) is 0 Å². The van der Waals surface area contributed by atoms with Crippen LogP contribution in [-0.4, -0.2) is 18.4 Å². The van der Waals surface area contributed by atoms with Crippen molar-refractivity contribution in [3.8, 4) is 0 Å². The van der Waals surface area contributed by atoms with Crippen molar-refractivity contribution in [3.63, 3.8) is 0 Å². The molecule has 80 valence electrons. The minimum atomic E-state index is 0.326. The van der Waals surface area contributed by atoms with Crippen LogP contribution in [0.3, 0.4) is 0 Å². The molecule has 0 saturated carbocycles. The number of hydrogen-bond acceptors (Lipinski definition) is 2. The first-order chi connectivity index (χ1) is 7.24. The Bertz CT molecular complexity index is 347. The van der Waals surface area contributed by atoms with Gasteiger partial charge < -0.3 is 5.32 Å². The van der Waals surface area contributed by atoms with Crippen LogP contribution in [0.4, 0.5) is 0 Å². The molecule has 1 unspecified atom stereocenters. The molecule has 0 spiro atoms. The first kappa shape index (κ1) is 10.8. The van der Waals surface area contributed by atoms with Crippen molar-refractivity contribution in [2.45, 2.75) is 25.3 Å². The monoisotopic (exact) mass is 267 g/mol. The number of hydrogen-bond donors (Lipinski definition) is 1. The summed E-state index contributed by atoms with van der Waals surface area (Å²) in [4.78, 5) is 11.3. The molecule has 3 heteroatoms. The second-order valence-corrected chi connectivity index (χ2v) is 4.89. The van der Waals surface area contributed by atoms with E-state index in [2.05, 4.69) is 33.4 Å². The fourth-order valence-electron chi connectivity index (χ4n) is 1.91. The predicted octanol–water partition coefficient (Wildman–Crippen LogP) is 2.31. The van der Waals surface area contributed by atoms with Crippen LogP contribution in [-0.2, 0) is 11.2 Å². The molecule has 1 aliphatic heterocycles. The Labute approximate surface area is 98.2 Å².